The molecule has 0 heterocycles. The van der Waals surface area contributed by atoms with Crippen LogP contribution in [0, 0.1) is 0 Å². The summed E-state index contributed by atoms with van der Waals surface area (Å²) in [6, 6.07) is 0. The second-order valence-electron chi connectivity index (χ2n) is 0.408. The Kier molecular flexibility index (Phi) is 11.5. The smallest absolute Gasteiger partial charge is 0.759 e. The summed E-state index contributed by atoms with van der Waals surface area (Å²) >= 11 is 0. The summed E-state index contributed by atoms with van der Waals surface area (Å²) in [4.78, 5) is 0. The van der Waals surface area contributed by atoms with Gasteiger partial charge < -0.3 is 9.11 Å². The van der Waals surface area contributed by atoms with Gasteiger partial charge >= 0.3 is 17.1 Å². The molecule has 0 fully saturated rings. The van der Waals surface area contributed by atoms with Gasteiger partial charge in [0.15, 0.2) is 0 Å². The predicted molar refractivity (Wildman–Crippen MR) is 10.5 cm³/mol. The monoisotopic (exact) mass is 223 g/mol. The summed E-state index contributed by atoms with van der Waals surface area (Å²) in [7, 11) is -5.17. The zero-order valence-electron chi connectivity index (χ0n) is 3.05. The molecule has 0 N–H and O–H groups in total. The summed E-state index contributed by atoms with van der Waals surface area (Å²) < 4.78 is 34.1. The SMILES string of the molecule is O=S(=O)([O-])[O-].[Cu+2].[Zn]. The zero-order valence-corrected chi connectivity index (χ0v) is 7.78. The van der Waals surface area contributed by atoms with Crippen molar-refractivity contribution in [3.05, 3.63) is 0 Å². The van der Waals surface area contributed by atoms with Crippen molar-refractivity contribution in [2.24, 2.45) is 0 Å². The van der Waals surface area contributed by atoms with E-state index in [0.29, 0.717) is 0 Å². The van der Waals surface area contributed by atoms with Gasteiger partial charge in [-0.1, -0.05) is 0 Å². The van der Waals surface area contributed by atoms with Crippen LogP contribution in [0.3, 0.4) is 0 Å². The molecular weight excluding hydrogens is 225 g/mol. The molecule has 0 aliphatic carbocycles. The average molecular weight is 225 g/mol. The van der Waals surface area contributed by atoms with Crippen LogP contribution in [0.5, 0.6) is 0 Å². The van der Waals surface area contributed by atoms with E-state index in [-0.39, 0.29) is 36.5 Å². The maximum Gasteiger partial charge on any atom is 2.00 e. The maximum absolute atomic E-state index is 8.52. The van der Waals surface area contributed by atoms with Crippen molar-refractivity contribution in [3.63, 3.8) is 0 Å². The minimum absolute atomic E-state index is 0. The van der Waals surface area contributed by atoms with Crippen LogP contribution in [0.1, 0.15) is 0 Å². The Hall–Kier alpha value is 1.01. The molecule has 0 aliphatic rings. The molecule has 1 radical (unpaired) electrons. The molecule has 0 saturated heterocycles. The molecule has 7 heavy (non-hydrogen) atoms. The van der Waals surface area contributed by atoms with E-state index in [9.17, 15) is 0 Å². The van der Waals surface area contributed by atoms with Gasteiger partial charge in [-0.05, 0) is 0 Å². The van der Waals surface area contributed by atoms with Crippen LogP contribution in [0.2, 0.25) is 0 Å². The van der Waals surface area contributed by atoms with Crippen molar-refractivity contribution in [3.8, 4) is 0 Å². The molecular formula is CuO4SZn. The van der Waals surface area contributed by atoms with Crippen molar-refractivity contribution < 1.29 is 54.1 Å². The second kappa shape index (κ2) is 5.16. The summed E-state index contributed by atoms with van der Waals surface area (Å²) in [6.45, 7) is 0. The average Bonchev–Trinajstić information content (AvgIpc) is 0.722. The van der Waals surface area contributed by atoms with E-state index >= 15 is 0 Å². The Morgan fingerprint density at radius 1 is 1.14 bits per heavy atom. The molecule has 0 aromatic heterocycles. The fraction of sp³-hybridized carbons (Fsp3) is 0. The maximum atomic E-state index is 8.52. The van der Waals surface area contributed by atoms with E-state index in [2.05, 4.69) is 0 Å². The summed E-state index contributed by atoms with van der Waals surface area (Å²) in [5.41, 5.74) is 0. The Balaban J connectivity index is -0.0000000800. The van der Waals surface area contributed by atoms with Crippen molar-refractivity contribution in [2.45, 2.75) is 0 Å². The molecule has 0 spiro atoms. The summed E-state index contributed by atoms with van der Waals surface area (Å²) in [5, 5.41) is 0. The van der Waals surface area contributed by atoms with Crippen LogP contribution in [-0.4, -0.2) is 17.5 Å². The molecule has 0 bridgehead atoms. The van der Waals surface area contributed by atoms with Gasteiger partial charge in [-0.3, -0.25) is 8.42 Å². The Morgan fingerprint density at radius 2 is 1.14 bits per heavy atom. The third kappa shape index (κ3) is 172. The van der Waals surface area contributed by atoms with Gasteiger partial charge in [0.2, 0.25) is 0 Å². The molecule has 0 saturated carbocycles. The predicted octanol–water partition coefficient (Wildman–Crippen LogP) is -1.34. The van der Waals surface area contributed by atoms with E-state index in [0.717, 1.165) is 0 Å². The normalized spacial score (nSPS) is 8.29. The number of hydrogen-bond donors (Lipinski definition) is 0. The molecule has 0 aliphatic heterocycles. The van der Waals surface area contributed by atoms with Crippen molar-refractivity contribution in [2.75, 3.05) is 0 Å². The van der Waals surface area contributed by atoms with Crippen LogP contribution in [0.25, 0.3) is 0 Å². The van der Waals surface area contributed by atoms with Gasteiger partial charge in [0.25, 0.3) is 0 Å². The second-order valence-corrected chi connectivity index (χ2v) is 1.22. The van der Waals surface area contributed by atoms with Crippen LogP contribution < -0.4 is 0 Å². The minimum Gasteiger partial charge on any atom is -0.759 e. The van der Waals surface area contributed by atoms with Crippen molar-refractivity contribution >= 4 is 10.4 Å². The first-order chi connectivity index (χ1) is 2.00. The summed E-state index contributed by atoms with van der Waals surface area (Å²) in [5.74, 6) is 0. The standard InChI is InChI=1S/Cu.H2O4S.Zn/c;1-5(2,3)4;/h;(H2,1,2,3,4);/q+2;;/p-2. The number of hydrogen-bond acceptors (Lipinski definition) is 4. The van der Waals surface area contributed by atoms with Crippen LogP contribution >= 0.6 is 0 Å². The van der Waals surface area contributed by atoms with Gasteiger partial charge in [-0.2, -0.15) is 0 Å². The quantitative estimate of drug-likeness (QED) is 0.290. The molecule has 0 atom stereocenters. The van der Waals surface area contributed by atoms with Crippen molar-refractivity contribution in [1.29, 1.82) is 0 Å². The molecule has 7 heteroatoms. The molecule has 0 aromatic carbocycles. The van der Waals surface area contributed by atoms with Crippen LogP contribution in [0.15, 0.2) is 0 Å². The molecule has 0 aromatic rings. The number of rotatable bonds is 0. The molecule has 0 rings (SSSR count). The third-order valence-corrected chi connectivity index (χ3v) is 0. The molecule has 43 valence electrons. The molecule has 4 nitrogen and oxygen atoms in total. The van der Waals surface area contributed by atoms with Gasteiger partial charge in [-0.25, -0.2) is 0 Å². The van der Waals surface area contributed by atoms with Gasteiger partial charge in [0, 0.05) is 29.9 Å². The fourth-order valence-electron chi connectivity index (χ4n) is 0. The van der Waals surface area contributed by atoms with Crippen LogP contribution in [0.4, 0.5) is 0 Å². The Bertz CT molecular complexity index is 94.9. The van der Waals surface area contributed by atoms with Gasteiger partial charge in [0.05, 0.1) is 0 Å². The van der Waals surface area contributed by atoms with Gasteiger partial charge in [0.1, 0.15) is 0 Å². The largest absolute Gasteiger partial charge is 2.00 e. The van der Waals surface area contributed by atoms with E-state index in [1.165, 1.54) is 0 Å². The Morgan fingerprint density at radius 3 is 1.14 bits per heavy atom. The van der Waals surface area contributed by atoms with Crippen LogP contribution in [-0.2, 0) is 46.9 Å². The molecule has 0 amide bonds. The first-order valence-electron chi connectivity index (χ1n) is 0.667. The van der Waals surface area contributed by atoms with E-state index in [1.807, 2.05) is 0 Å². The molecule has 0 unspecified atom stereocenters. The van der Waals surface area contributed by atoms with Crippen molar-refractivity contribution in [1.82, 2.24) is 0 Å². The fourth-order valence-corrected chi connectivity index (χ4v) is 0. The topological polar surface area (TPSA) is 80.3 Å². The Labute approximate surface area is 64.5 Å². The first kappa shape index (κ1) is 15.7. The zero-order chi connectivity index (χ0) is 4.50. The minimum atomic E-state index is -5.17. The van der Waals surface area contributed by atoms with Gasteiger partial charge in [-0.15, -0.1) is 0 Å². The van der Waals surface area contributed by atoms with E-state index in [4.69, 9.17) is 17.5 Å². The van der Waals surface area contributed by atoms with E-state index in [1.54, 1.807) is 0 Å². The van der Waals surface area contributed by atoms with E-state index < -0.39 is 10.4 Å². The summed E-state index contributed by atoms with van der Waals surface area (Å²) in [6.07, 6.45) is 0. The third-order valence-electron chi connectivity index (χ3n) is 0. The first-order valence-corrected chi connectivity index (χ1v) is 2.00.